The third-order valence-electron chi connectivity index (χ3n) is 4.41. The molecule has 0 bridgehead atoms. The van der Waals surface area contributed by atoms with E-state index in [-0.39, 0.29) is 18.9 Å². The summed E-state index contributed by atoms with van der Waals surface area (Å²) in [5.74, 6) is -1.98. The Kier molecular flexibility index (Phi) is 6.72. The number of benzene rings is 2. The zero-order valence-corrected chi connectivity index (χ0v) is 16.4. The standard InChI is InChI=1S/C22H19N3O3S/c23-12-16-8-4-5-9-18(16)19-14-29-20(25-19)13-24-22(28)17(11-21(26)27)10-15-6-2-1-3-7-15/h1-9,14,17H,10-11,13H2,(H,24,28)(H,26,27). The molecule has 0 fully saturated rings. The molecule has 0 aliphatic carbocycles. The molecule has 1 amide bonds. The molecule has 7 heteroatoms. The number of carbonyl (C=O) groups is 2. The van der Waals surface area contributed by atoms with Gasteiger partial charge in [-0.15, -0.1) is 11.3 Å². The Morgan fingerprint density at radius 1 is 1.14 bits per heavy atom. The molecular formula is C22H19N3O3S. The number of carbonyl (C=O) groups excluding carboxylic acids is 1. The summed E-state index contributed by atoms with van der Waals surface area (Å²) in [7, 11) is 0. The summed E-state index contributed by atoms with van der Waals surface area (Å²) in [5, 5.41) is 23.7. The van der Waals surface area contributed by atoms with E-state index < -0.39 is 11.9 Å². The Hall–Kier alpha value is -3.50. The van der Waals surface area contributed by atoms with Crippen LogP contribution < -0.4 is 5.32 Å². The van der Waals surface area contributed by atoms with Crippen LogP contribution in [0.1, 0.15) is 22.6 Å². The number of carboxylic acids is 1. The second-order valence-electron chi connectivity index (χ2n) is 6.49. The zero-order valence-electron chi connectivity index (χ0n) is 15.5. The van der Waals surface area contributed by atoms with Gasteiger partial charge >= 0.3 is 5.97 Å². The molecule has 29 heavy (non-hydrogen) atoms. The number of aromatic nitrogens is 1. The molecule has 3 rings (SSSR count). The van der Waals surface area contributed by atoms with Gasteiger partial charge in [0.2, 0.25) is 5.91 Å². The van der Waals surface area contributed by atoms with E-state index in [0.29, 0.717) is 22.7 Å². The molecule has 0 saturated carbocycles. The molecule has 6 nitrogen and oxygen atoms in total. The van der Waals surface area contributed by atoms with Crippen molar-refractivity contribution in [3.63, 3.8) is 0 Å². The monoisotopic (exact) mass is 405 g/mol. The average Bonchev–Trinajstić information content (AvgIpc) is 3.21. The fourth-order valence-electron chi connectivity index (χ4n) is 2.99. The molecule has 3 aromatic rings. The summed E-state index contributed by atoms with van der Waals surface area (Å²) in [5.41, 5.74) is 2.88. The van der Waals surface area contributed by atoms with E-state index in [0.717, 1.165) is 11.1 Å². The summed E-state index contributed by atoms with van der Waals surface area (Å²) in [6.45, 7) is 0.211. The molecule has 2 aromatic carbocycles. The summed E-state index contributed by atoms with van der Waals surface area (Å²) in [6, 6.07) is 18.7. The lowest BCUT2D eigenvalue weighted by molar-refractivity contribution is -0.141. The van der Waals surface area contributed by atoms with Crippen LogP contribution in [0.25, 0.3) is 11.3 Å². The van der Waals surface area contributed by atoms with E-state index in [2.05, 4.69) is 16.4 Å². The average molecular weight is 405 g/mol. The number of hydrogen-bond acceptors (Lipinski definition) is 5. The Bertz CT molecular complexity index is 1040. The predicted molar refractivity (Wildman–Crippen MR) is 110 cm³/mol. The number of carboxylic acid groups (broad SMARTS) is 1. The van der Waals surface area contributed by atoms with Gasteiger partial charge in [-0.05, 0) is 18.1 Å². The van der Waals surface area contributed by atoms with Crippen LogP contribution in [0, 0.1) is 17.2 Å². The Morgan fingerprint density at radius 2 is 1.86 bits per heavy atom. The van der Waals surface area contributed by atoms with E-state index in [1.165, 1.54) is 11.3 Å². The molecule has 0 aliphatic heterocycles. The number of nitrogens with one attached hydrogen (secondary N) is 1. The number of rotatable bonds is 8. The van der Waals surface area contributed by atoms with E-state index >= 15 is 0 Å². The minimum atomic E-state index is -1.01. The van der Waals surface area contributed by atoms with Gasteiger partial charge in [0.05, 0.1) is 36.2 Å². The maximum atomic E-state index is 12.6. The fraction of sp³-hybridized carbons (Fsp3) is 0.182. The van der Waals surface area contributed by atoms with Crippen molar-refractivity contribution < 1.29 is 14.7 Å². The Morgan fingerprint density at radius 3 is 2.59 bits per heavy atom. The smallest absolute Gasteiger partial charge is 0.304 e. The van der Waals surface area contributed by atoms with Crippen molar-refractivity contribution in [1.29, 1.82) is 5.26 Å². The number of nitriles is 1. The third-order valence-corrected chi connectivity index (χ3v) is 5.25. The first kappa shape index (κ1) is 20.2. The van der Waals surface area contributed by atoms with Gasteiger partial charge < -0.3 is 10.4 Å². The highest BCUT2D eigenvalue weighted by Crippen LogP contribution is 2.25. The first-order valence-corrected chi connectivity index (χ1v) is 9.92. The molecule has 0 saturated heterocycles. The van der Waals surface area contributed by atoms with Crippen LogP contribution in [-0.2, 0) is 22.6 Å². The topological polar surface area (TPSA) is 103 Å². The SMILES string of the molecule is N#Cc1ccccc1-c1csc(CNC(=O)C(CC(=O)O)Cc2ccccc2)n1. The van der Waals surface area contributed by atoms with Crippen LogP contribution in [0.4, 0.5) is 0 Å². The normalized spacial score (nSPS) is 11.4. The largest absolute Gasteiger partial charge is 0.481 e. The highest BCUT2D eigenvalue weighted by Gasteiger charge is 2.22. The fourth-order valence-corrected chi connectivity index (χ4v) is 3.73. The first-order valence-electron chi connectivity index (χ1n) is 9.04. The molecule has 1 atom stereocenters. The molecule has 0 aliphatic rings. The lowest BCUT2D eigenvalue weighted by Gasteiger charge is -2.14. The molecule has 0 radical (unpaired) electrons. The lowest BCUT2D eigenvalue weighted by Crippen LogP contribution is -2.33. The maximum absolute atomic E-state index is 12.6. The van der Waals surface area contributed by atoms with Gasteiger partial charge in [-0.3, -0.25) is 9.59 Å². The molecule has 0 spiro atoms. The number of aliphatic carboxylic acids is 1. The quantitative estimate of drug-likeness (QED) is 0.596. The van der Waals surface area contributed by atoms with Crippen molar-refractivity contribution >= 4 is 23.2 Å². The van der Waals surface area contributed by atoms with Gasteiger partial charge in [0.1, 0.15) is 5.01 Å². The number of thiazole rings is 1. The Labute approximate surface area is 172 Å². The highest BCUT2D eigenvalue weighted by molar-refractivity contribution is 7.09. The van der Waals surface area contributed by atoms with Crippen LogP contribution >= 0.6 is 11.3 Å². The van der Waals surface area contributed by atoms with Gasteiger partial charge in [0.15, 0.2) is 0 Å². The molecule has 1 heterocycles. The first-order chi connectivity index (χ1) is 14.1. The molecule has 146 valence electrons. The summed E-state index contributed by atoms with van der Waals surface area (Å²) < 4.78 is 0. The van der Waals surface area contributed by atoms with Gasteiger partial charge in [-0.25, -0.2) is 4.98 Å². The van der Waals surface area contributed by atoms with Crippen LogP contribution in [0.15, 0.2) is 60.0 Å². The zero-order chi connectivity index (χ0) is 20.6. The van der Waals surface area contributed by atoms with Crippen molar-refractivity contribution in [2.24, 2.45) is 5.92 Å². The van der Waals surface area contributed by atoms with Crippen molar-refractivity contribution in [3.8, 4) is 17.3 Å². The molecular weight excluding hydrogens is 386 g/mol. The van der Waals surface area contributed by atoms with E-state index in [4.69, 9.17) is 5.11 Å². The van der Waals surface area contributed by atoms with Crippen LogP contribution in [0.5, 0.6) is 0 Å². The molecule has 1 unspecified atom stereocenters. The van der Waals surface area contributed by atoms with Crippen LogP contribution in [0.3, 0.4) is 0 Å². The summed E-state index contributed by atoms with van der Waals surface area (Å²) in [4.78, 5) is 28.3. The maximum Gasteiger partial charge on any atom is 0.304 e. The van der Waals surface area contributed by atoms with Crippen LogP contribution in [0.2, 0.25) is 0 Å². The number of nitrogens with zero attached hydrogens (tertiary/aromatic N) is 2. The minimum absolute atomic E-state index is 0.211. The van der Waals surface area contributed by atoms with Gasteiger partial charge in [-0.1, -0.05) is 48.5 Å². The third kappa shape index (κ3) is 5.50. The number of hydrogen-bond donors (Lipinski definition) is 2. The second-order valence-corrected chi connectivity index (χ2v) is 7.43. The minimum Gasteiger partial charge on any atom is -0.481 e. The van der Waals surface area contributed by atoms with Crippen molar-refractivity contribution in [1.82, 2.24) is 10.3 Å². The predicted octanol–water partition coefficient (Wildman–Crippen LogP) is 3.63. The lowest BCUT2D eigenvalue weighted by atomic mass is 9.95. The van der Waals surface area contributed by atoms with Crippen LogP contribution in [-0.4, -0.2) is 22.0 Å². The summed E-state index contributed by atoms with van der Waals surface area (Å²) >= 11 is 1.38. The second kappa shape index (κ2) is 9.62. The number of amides is 1. The molecule has 1 aromatic heterocycles. The van der Waals surface area contributed by atoms with E-state index in [1.807, 2.05) is 47.8 Å². The van der Waals surface area contributed by atoms with Gasteiger partial charge in [-0.2, -0.15) is 5.26 Å². The summed E-state index contributed by atoms with van der Waals surface area (Å²) in [6.07, 6.45) is 0.122. The van der Waals surface area contributed by atoms with Crippen molar-refractivity contribution in [3.05, 3.63) is 76.1 Å². The van der Waals surface area contributed by atoms with Gasteiger partial charge in [0, 0.05) is 10.9 Å². The molecule has 2 N–H and O–H groups in total. The van der Waals surface area contributed by atoms with Gasteiger partial charge in [0.25, 0.3) is 0 Å². The van der Waals surface area contributed by atoms with E-state index in [1.54, 1.807) is 12.1 Å². The highest BCUT2D eigenvalue weighted by atomic mass is 32.1. The van der Waals surface area contributed by atoms with E-state index in [9.17, 15) is 14.9 Å². The van der Waals surface area contributed by atoms with Crippen molar-refractivity contribution in [2.75, 3.05) is 0 Å². The van der Waals surface area contributed by atoms with Crippen molar-refractivity contribution in [2.45, 2.75) is 19.4 Å². The Balaban J connectivity index is 1.66.